The first-order valence-corrected chi connectivity index (χ1v) is 12.1. The van der Waals surface area contributed by atoms with Crippen molar-refractivity contribution in [3.05, 3.63) is 40.9 Å². The SMILES string of the molecule is CCOCCCNC(=NCc1ccc(OC)cc1)NCCc1csc(N2CCCC2)n1. The van der Waals surface area contributed by atoms with Crippen LogP contribution in [0.3, 0.4) is 0 Å². The van der Waals surface area contributed by atoms with Crippen molar-refractivity contribution in [1.29, 1.82) is 0 Å². The standard InChI is InChI=1S/C23H35N5O2S/c1-3-30-16-6-12-24-22(26-17-19-7-9-21(29-2)10-8-19)25-13-11-20-18-31-23(27-20)28-14-4-5-15-28/h7-10,18H,3-6,11-17H2,1-2H3,(H2,24,25,26). The van der Waals surface area contributed by atoms with Gasteiger partial charge in [-0.25, -0.2) is 9.98 Å². The Balaban J connectivity index is 1.49. The van der Waals surface area contributed by atoms with Gasteiger partial charge in [-0.1, -0.05) is 12.1 Å². The molecule has 0 spiro atoms. The van der Waals surface area contributed by atoms with E-state index in [1.165, 1.54) is 12.8 Å². The van der Waals surface area contributed by atoms with Crippen molar-refractivity contribution in [2.45, 2.75) is 39.2 Å². The van der Waals surface area contributed by atoms with Gasteiger partial charge < -0.3 is 25.0 Å². The number of hydrogen-bond donors (Lipinski definition) is 2. The number of rotatable bonds is 12. The minimum absolute atomic E-state index is 0.612. The summed E-state index contributed by atoms with van der Waals surface area (Å²) in [5, 5.41) is 10.2. The van der Waals surface area contributed by atoms with E-state index >= 15 is 0 Å². The Morgan fingerprint density at radius 3 is 2.68 bits per heavy atom. The highest BCUT2D eigenvalue weighted by atomic mass is 32.1. The lowest BCUT2D eigenvalue weighted by Crippen LogP contribution is -2.39. The Hall–Kier alpha value is -2.32. The summed E-state index contributed by atoms with van der Waals surface area (Å²) in [5.74, 6) is 1.68. The minimum atomic E-state index is 0.612. The minimum Gasteiger partial charge on any atom is -0.497 e. The van der Waals surface area contributed by atoms with Crippen LogP contribution in [0.5, 0.6) is 5.75 Å². The van der Waals surface area contributed by atoms with Gasteiger partial charge in [-0.3, -0.25) is 0 Å². The molecule has 1 aromatic heterocycles. The van der Waals surface area contributed by atoms with Crippen molar-refractivity contribution < 1.29 is 9.47 Å². The van der Waals surface area contributed by atoms with Crippen molar-refractivity contribution in [3.63, 3.8) is 0 Å². The Labute approximate surface area is 189 Å². The van der Waals surface area contributed by atoms with Crippen LogP contribution in [0.1, 0.15) is 37.4 Å². The van der Waals surface area contributed by atoms with Crippen molar-refractivity contribution in [3.8, 4) is 5.75 Å². The third-order valence-electron chi connectivity index (χ3n) is 5.13. The van der Waals surface area contributed by atoms with Crippen LogP contribution < -0.4 is 20.3 Å². The number of aliphatic imine (C=N–C) groups is 1. The second-order valence-electron chi connectivity index (χ2n) is 7.48. The van der Waals surface area contributed by atoms with Crippen LogP contribution in [-0.4, -0.2) is 57.4 Å². The third kappa shape index (κ3) is 8.03. The number of benzene rings is 1. The Morgan fingerprint density at radius 1 is 1.16 bits per heavy atom. The first-order valence-electron chi connectivity index (χ1n) is 11.2. The molecule has 0 atom stereocenters. The highest BCUT2D eigenvalue weighted by Gasteiger charge is 2.15. The molecule has 1 aliphatic heterocycles. The van der Waals surface area contributed by atoms with Crippen molar-refractivity contribution in [2.75, 3.05) is 51.4 Å². The van der Waals surface area contributed by atoms with E-state index in [0.29, 0.717) is 6.54 Å². The molecule has 2 heterocycles. The van der Waals surface area contributed by atoms with Crippen LogP contribution >= 0.6 is 11.3 Å². The summed E-state index contributed by atoms with van der Waals surface area (Å²) >= 11 is 1.75. The Bertz CT molecular complexity index is 788. The molecule has 1 aromatic carbocycles. The summed E-state index contributed by atoms with van der Waals surface area (Å²) in [4.78, 5) is 12.0. The van der Waals surface area contributed by atoms with Gasteiger partial charge in [-0.15, -0.1) is 11.3 Å². The predicted octanol–water partition coefficient (Wildman–Crippen LogP) is 3.46. The van der Waals surface area contributed by atoms with Gasteiger partial charge in [0, 0.05) is 51.2 Å². The van der Waals surface area contributed by atoms with E-state index < -0.39 is 0 Å². The lowest BCUT2D eigenvalue weighted by Gasteiger charge is -2.13. The summed E-state index contributed by atoms with van der Waals surface area (Å²) in [6, 6.07) is 8.02. The zero-order valence-corrected chi connectivity index (χ0v) is 19.5. The third-order valence-corrected chi connectivity index (χ3v) is 6.08. The molecule has 0 radical (unpaired) electrons. The maximum Gasteiger partial charge on any atom is 0.191 e. The summed E-state index contributed by atoms with van der Waals surface area (Å²) in [6.07, 6.45) is 4.38. The topological polar surface area (TPSA) is 71.0 Å². The average molecular weight is 446 g/mol. The highest BCUT2D eigenvalue weighted by Crippen LogP contribution is 2.24. The van der Waals surface area contributed by atoms with Crippen molar-refractivity contribution in [2.24, 2.45) is 4.99 Å². The molecule has 7 nitrogen and oxygen atoms in total. The Morgan fingerprint density at radius 2 is 1.94 bits per heavy atom. The maximum atomic E-state index is 5.43. The van der Waals surface area contributed by atoms with Gasteiger partial charge in [-0.05, 0) is 43.9 Å². The number of nitrogens with one attached hydrogen (secondary N) is 2. The molecule has 1 fully saturated rings. The molecular formula is C23H35N5O2S. The van der Waals surface area contributed by atoms with Gasteiger partial charge in [0.2, 0.25) is 0 Å². The van der Waals surface area contributed by atoms with Gasteiger partial charge in [0.1, 0.15) is 5.75 Å². The van der Waals surface area contributed by atoms with Gasteiger partial charge in [0.05, 0.1) is 19.3 Å². The summed E-state index contributed by atoms with van der Waals surface area (Å²) in [6.45, 7) is 8.04. The first kappa shape index (κ1) is 23.3. The second-order valence-corrected chi connectivity index (χ2v) is 8.32. The predicted molar refractivity (Wildman–Crippen MR) is 129 cm³/mol. The molecule has 0 unspecified atom stereocenters. The van der Waals surface area contributed by atoms with Crippen LogP contribution in [0.4, 0.5) is 5.13 Å². The fourth-order valence-corrected chi connectivity index (χ4v) is 4.29. The molecular weight excluding hydrogens is 410 g/mol. The molecule has 0 bridgehead atoms. The van der Waals surface area contributed by atoms with E-state index in [9.17, 15) is 0 Å². The van der Waals surface area contributed by atoms with E-state index in [0.717, 1.165) is 80.3 Å². The number of thiazole rings is 1. The van der Waals surface area contributed by atoms with Gasteiger partial charge in [0.15, 0.2) is 11.1 Å². The summed E-state index contributed by atoms with van der Waals surface area (Å²) in [5.41, 5.74) is 2.29. The Kier molecular flexibility index (Phi) is 9.92. The van der Waals surface area contributed by atoms with Crippen LogP contribution in [0.15, 0.2) is 34.6 Å². The lowest BCUT2D eigenvalue weighted by atomic mass is 10.2. The molecule has 0 aliphatic carbocycles. The normalized spacial score (nSPS) is 14.1. The second kappa shape index (κ2) is 13.2. The first-order chi connectivity index (χ1) is 15.3. The molecule has 170 valence electrons. The number of aromatic nitrogens is 1. The van der Waals surface area contributed by atoms with Crippen molar-refractivity contribution >= 4 is 22.4 Å². The van der Waals surface area contributed by atoms with E-state index in [2.05, 4.69) is 20.9 Å². The number of guanidine groups is 1. The molecule has 2 N–H and O–H groups in total. The van der Waals surface area contributed by atoms with Crippen LogP contribution in [0, 0.1) is 0 Å². The van der Waals surface area contributed by atoms with Crippen molar-refractivity contribution in [1.82, 2.24) is 15.6 Å². The van der Waals surface area contributed by atoms with E-state index in [1.54, 1.807) is 18.4 Å². The van der Waals surface area contributed by atoms with Crippen LogP contribution in [0.2, 0.25) is 0 Å². The molecule has 0 saturated carbocycles. The fourth-order valence-electron chi connectivity index (χ4n) is 3.37. The summed E-state index contributed by atoms with van der Waals surface area (Å²) in [7, 11) is 1.68. The van der Waals surface area contributed by atoms with Crippen LogP contribution in [-0.2, 0) is 17.7 Å². The smallest absolute Gasteiger partial charge is 0.191 e. The van der Waals surface area contributed by atoms with E-state index in [1.807, 2.05) is 31.2 Å². The van der Waals surface area contributed by atoms with E-state index in [-0.39, 0.29) is 0 Å². The van der Waals surface area contributed by atoms with Gasteiger partial charge in [-0.2, -0.15) is 0 Å². The molecule has 1 saturated heterocycles. The maximum absolute atomic E-state index is 5.43. The van der Waals surface area contributed by atoms with Crippen LogP contribution in [0.25, 0.3) is 0 Å². The van der Waals surface area contributed by atoms with Gasteiger partial charge in [0.25, 0.3) is 0 Å². The number of methoxy groups -OCH3 is 1. The highest BCUT2D eigenvalue weighted by molar-refractivity contribution is 7.13. The number of hydrogen-bond acceptors (Lipinski definition) is 6. The quantitative estimate of drug-likeness (QED) is 0.296. The molecule has 31 heavy (non-hydrogen) atoms. The molecule has 3 rings (SSSR count). The molecule has 1 aliphatic rings. The summed E-state index contributed by atoms with van der Waals surface area (Å²) < 4.78 is 10.7. The number of nitrogens with zero attached hydrogens (tertiary/aromatic N) is 3. The fraction of sp³-hybridized carbons (Fsp3) is 0.565. The average Bonchev–Trinajstić information content (AvgIpc) is 3.49. The molecule has 2 aromatic rings. The molecule has 0 amide bonds. The van der Waals surface area contributed by atoms with E-state index in [4.69, 9.17) is 19.5 Å². The number of ether oxygens (including phenoxy) is 2. The number of anilines is 1. The largest absolute Gasteiger partial charge is 0.497 e. The molecule has 8 heteroatoms. The zero-order valence-electron chi connectivity index (χ0n) is 18.7. The monoisotopic (exact) mass is 445 g/mol. The lowest BCUT2D eigenvalue weighted by molar-refractivity contribution is 0.145. The van der Waals surface area contributed by atoms with Gasteiger partial charge >= 0.3 is 0 Å². The zero-order chi connectivity index (χ0) is 21.7.